The Labute approximate surface area is 169 Å². The second kappa shape index (κ2) is 10.2. The summed E-state index contributed by atoms with van der Waals surface area (Å²) >= 11 is 0. The third-order valence-corrected chi connectivity index (χ3v) is 5.63. The predicted molar refractivity (Wildman–Crippen MR) is 104 cm³/mol. The number of amides is 1. The van der Waals surface area contributed by atoms with Gasteiger partial charge in [-0.2, -0.15) is 4.98 Å². The summed E-state index contributed by atoms with van der Waals surface area (Å²) < 4.78 is 5.41. The van der Waals surface area contributed by atoms with Crippen molar-refractivity contribution in [2.24, 2.45) is 5.92 Å². The monoisotopic (exact) mass is 401 g/mol. The van der Waals surface area contributed by atoms with Gasteiger partial charge in [0.15, 0.2) is 0 Å². The fourth-order valence-corrected chi connectivity index (χ4v) is 3.99. The van der Waals surface area contributed by atoms with Gasteiger partial charge >= 0.3 is 5.97 Å². The molecule has 0 aliphatic heterocycles. The number of carbonyl (C=O) groups excluding carboxylic acids is 1. The van der Waals surface area contributed by atoms with Gasteiger partial charge in [-0.3, -0.25) is 10.0 Å². The highest BCUT2D eigenvalue weighted by molar-refractivity contribution is 5.88. The molecule has 1 aromatic heterocycles. The largest absolute Gasteiger partial charge is 0.478 e. The Morgan fingerprint density at radius 3 is 2.55 bits per heavy atom. The first-order chi connectivity index (χ1) is 14.1. The maximum atomic E-state index is 11.7. The number of nitrogens with zero attached hydrogens (tertiary/aromatic N) is 2. The van der Waals surface area contributed by atoms with Gasteiger partial charge in [0.05, 0.1) is 5.56 Å². The van der Waals surface area contributed by atoms with Crippen molar-refractivity contribution in [1.29, 1.82) is 0 Å². The smallest absolute Gasteiger partial charge is 0.335 e. The van der Waals surface area contributed by atoms with E-state index in [-0.39, 0.29) is 17.9 Å². The van der Waals surface area contributed by atoms with Crippen molar-refractivity contribution >= 4 is 11.9 Å². The molecule has 1 atom stereocenters. The molecule has 1 aromatic carbocycles. The normalized spacial score (nSPS) is 15.8. The molecule has 3 N–H and O–H groups in total. The van der Waals surface area contributed by atoms with Crippen LogP contribution in [0.5, 0.6) is 0 Å². The van der Waals surface area contributed by atoms with Crippen molar-refractivity contribution in [1.82, 2.24) is 15.6 Å². The van der Waals surface area contributed by atoms with E-state index in [0.717, 1.165) is 25.2 Å². The van der Waals surface area contributed by atoms with Gasteiger partial charge in [-0.05, 0) is 24.5 Å². The zero-order valence-electron chi connectivity index (χ0n) is 16.3. The van der Waals surface area contributed by atoms with Gasteiger partial charge in [0.25, 0.3) is 0 Å². The second-order valence-electron chi connectivity index (χ2n) is 7.71. The SMILES string of the molecule is O=C(CC(CCCC1CCCCC1)c1nc(-c2ccc(C(=O)O)cc2)no1)NO. The number of carboxylic acids is 1. The summed E-state index contributed by atoms with van der Waals surface area (Å²) in [5, 5.41) is 21.9. The number of hydroxylamine groups is 1. The van der Waals surface area contributed by atoms with Gasteiger partial charge < -0.3 is 9.63 Å². The van der Waals surface area contributed by atoms with Crippen molar-refractivity contribution in [3.63, 3.8) is 0 Å². The average molecular weight is 401 g/mol. The van der Waals surface area contributed by atoms with Crippen molar-refractivity contribution < 1.29 is 24.4 Å². The Hall–Kier alpha value is -2.74. The van der Waals surface area contributed by atoms with E-state index in [1.165, 1.54) is 44.2 Å². The molecule has 1 amide bonds. The zero-order chi connectivity index (χ0) is 20.6. The van der Waals surface area contributed by atoms with E-state index in [4.69, 9.17) is 14.8 Å². The third kappa shape index (κ3) is 5.87. The van der Waals surface area contributed by atoms with E-state index in [1.807, 2.05) is 0 Å². The molecular formula is C21H27N3O5. The zero-order valence-corrected chi connectivity index (χ0v) is 16.3. The summed E-state index contributed by atoms with van der Waals surface area (Å²) in [5.74, 6) is -0.308. The van der Waals surface area contributed by atoms with Gasteiger partial charge in [-0.1, -0.05) is 62.2 Å². The van der Waals surface area contributed by atoms with E-state index in [0.29, 0.717) is 17.3 Å². The fraction of sp³-hybridized carbons (Fsp3) is 0.524. The Kier molecular flexibility index (Phi) is 7.35. The number of nitrogens with one attached hydrogen (secondary N) is 1. The van der Waals surface area contributed by atoms with Crippen LogP contribution < -0.4 is 5.48 Å². The van der Waals surface area contributed by atoms with Crippen LogP contribution >= 0.6 is 0 Å². The van der Waals surface area contributed by atoms with Crippen LogP contribution in [0.25, 0.3) is 11.4 Å². The lowest BCUT2D eigenvalue weighted by molar-refractivity contribution is -0.129. The quantitative estimate of drug-likeness (QED) is 0.425. The van der Waals surface area contributed by atoms with Crippen molar-refractivity contribution in [3.8, 4) is 11.4 Å². The summed E-state index contributed by atoms with van der Waals surface area (Å²) in [6.45, 7) is 0. The highest BCUT2D eigenvalue weighted by Crippen LogP contribution is 2.31. The molecule has 156 valence electrons. The molecule has 3 rings (SSSR count). The number of aromatic nitrogens is 2. The first-order valence-corrected chi connectivity index (χ1v) is 10.2. The molecular weight excluding hydrogens is 374 g/mol. The Bertz CT molecular complexity index is 812. The molecule has 2 aromatic rings. The lowest BCUT2D eigenvalue weighted by Gasteiger charge is -2.22. The standard InChI is InChI=1S/C21H27N3O5/c25-18(23-28)13-17(8-4-7-14-5-2-1-3-6-14)20-22-19(24-29-20)15-9-11-16(12-10-15)21(26)27/h9-12,14,17,28H,1-8,13H2,(H,23,25)(H,26,27). The van der Waals surface area contributed by atoms with Crippen LogP contribution in [-0.4, -0.2) is 32.3 Å². The number of hydrogen-bond donors (Lipinski definition) is 3. The van der Waals surface area contributed by atoms with Crippen LogP contribution in [0.3, 0.4) is 0 Å². The van der Waals surface area contributed by atoms with Gasteiger partial charge in [0.1, 0.15) is 0 Å². The third-order valence-electron chi connectivity index (χ3n) is 5.63. The van der Waals surface area contributed by atoms with E-state index in [1.54, 1.807) is 17.6 Å². The van der Waals surface area contributed by atoms with Crippen LogP contribution in [0.4, 0.5) is 0 Å². The number of benzene rings is 1. The predicted octanol–water partition coefficient (Wildman–Crippen LogP) is 4.16. The molecule has 0 spiro atoms. The van der Waals surface area contributed by atoms with Gasteiger partial charge in [-0.25, -0.2) is 10.3 Å². The first-order valence-electron chi connectivity index (χ1n) is 10.2. The topological polar surface area (TPSA) is 126 Å². The Balaban J connectivity index is 1.66. The molecule has 1 fully saturated rings. The molecule has 8 nitrogen and oxygen atoms in total. The number of carbonyl (C=O) groups is 2. The van der Waals surface area contributed by atoms with Crippen molar-refractivity contribution in [2.75, 3.05) is 0 Å². The molecule has 1 heterocycles. The van der Waals surface area contributed by atoms with Gasteiger partial charge in [0.2, 0.25) is 17.6 Å². The minimum Gasteiger partial charge on any atom is -0.478 e. The fourth-order valence-electron chi connectivity index (χ4n) is 3.99. The molecule has 0 bridgehead atoms. The average Bonchev–Trinajstić information content (AvgIpc) is 3.24. The molecule has 0 saturated heterocycles. The Morgan fingerprint density at radius 1 is 1.17 bits per heavy atom. The molecule has 29 heavy (non-hydrogen) atoms. The minimum absolute atomic E-state index is 0.0702. The van der Waals surface area contributed by atoms with E-state index in [2.05, 4.69) is 10.1 Å². The number of carboxylic acid groups (broad SMARTS) is 1. The van der Waals surface area contributed by atoms with Crippen LogP contribution in [-0.2, 0) is 4.79 Å². The van der Waals surface area contributed by atoms with Crippen LogP contribution in [0.1, 0.15) is 80.0 Å². The van der Waals surface area contributed by atoms with Gasteiger partial charge in [0, 0.05) is 17.9 Å². The van der Waals surface area contributed by atoms with Crippen molar-refractivity contribution in [3.05, 3.63) is 35.7 Å². The maximum absolute atomic E-state index is 11.7. The minimum atomic E-state index is -1.00. The molecule has 8 heteroatoms. The number of aromatic carboxylic acids is 1. The highest BCUT2D eigenvalue weighted by Gasteiger charge is 2.23. The lowest BCUT2D eigenvalue weighted by atomic mass is 9.84. The van der Waals surface area contributed by atoms with Crippen LogP contribution in [0, 0.1) is 5.92 Å². The lowest BCUT2D eigenvalue weighted by Crippen LogP contribution is -2.21. The first kappa shape index (κ1) is 21.0. The summed E-state index contributed by atoms with van der Waals surface area (Å²) in [4.78, 5) is 27.1. The highest BCUT2D eigenvalue weighted by atomic mass is 16.5. The number of rotatable bonds is 9. The second-order valence-corrected chi connectivity index (χ2v) is 7.71. The summed E-state index contributed by atoms with van der Waals surface area (Å²) in [6, 6.07) is 6.20. The Morgan fingerprint density at radius 2 is 1.90 bits per heavy atom. The van der Waals surface area contributed by atoms with E-state index < -0.39 is 11.9 Å². The molecule has 1 saturated carbocycles. The number of hydrogen-bond acceptors (Lipinski definition) is 6. The molecule has 0 radical (unpaired) electrons. The molecule has 1 unspecified atom stereocenters. The summed E-state index contributed by atoms with van der Waals surface area (Å²) in [6.07, 6.45) is 9.35. The van der Waals surface area contributed by atoms with Crippen molar-refractivity contribution in [2.45, 2.75) is 63.7 Å². The summed E-state index contributed by atoms with van der Waals surface area (Å²) in [5.41, 5.74) is 2.49. The van der Waals surface area contributed by atoms with Crippen LogP contribution in [0.2, 0.25) is 0 Å². The molecule has 1 aliphatic carbocycles. The maximum Gasteiger partial charge on any atom is 0.335 e. The summed E-state index contributed by atoms with van der Waals surface area (Å²) in [7, 11) is 0. The van der Waals surface area contributed by atoms with E-state index >= 15 is 0 Å². The van der Waals surface area contributed by atoms with Crippen LogP contribution in [0.15, 0.2) is 28.8 Å². The van der Waals surface area contributed by atoms with Gasteiger partial charge in [-0.15, -0.1) is 0 Å². The molecule has 1 aliphatic rings. The van der Waals surface area contributed by atoms with E-state index in [9.17, 15) is 9.59 Å².